The molecule has 0 aliphatic heterocycles. The molecular weight excluding hydrogens is 228 g/mol. The number of rotatable bonds is 5. The van der Waals surface area contributed by atoms with Crippen LogP contribution in [0.2, 0.25) is 0 Å². The summed E-state index contributed by atoms with van der Waals surface area (Å²) in [6.07, 6.45) is 0. The highest BCUT2D eigenvalue weighted by Crippen LogP contribution is 2.13. The van der Waals surface area contributed by atoms with Crippen molar-refractivity contribution in [2.75, 3.05) is 13.7 Å². The second kappa shape index (κ2) is 5.92. The number of amides is 1. The molecule has 1 aromatic carbocycles. The number of nitro groups is 1. The largest absolute Gasteiger partial charge is 0.303 e. The van der Waals surface area contributed by atoms with Crippen LogP contribution in [0.5, 0.6) is 0 Å². The zero-order valence-electron chi connectivity index (χ0n) is 9.45. The summed E-state index contributed by atoms with van der Waals surface area (Å²) < 4.78 is 0. The van der Waals surface area contributed by atoms with E-state index in [1.807, 2.05) is 0 Å². The third-order valence-corrected chi connectivity index (χ3v) is 1.90. The molecule has 0 N–H and O–H groups in total. The molecule has 17 heavy (non-hydrogen) atoms. The van der Waals surface area contributed by atoms with Crippen LogP contribution in [0.25, 0.3) is 0 Å². The minimum Gasteiger partial charge on any atom is -0.264 e. The van der Waals surface area contributed by atoms with E-state index in [2.05, 4.69) is 0 Å². The molecule has 0 unspecified atom stereocenters. The maximum Gasteiger partial charge on any atom is 0.303 e. The topological polar surface area (TPSA) is 81.9 Å². The predicted molar refractivity (Wildman–Crippen MR) is 57.9 cm³/mol. The van der Waals surface area contributed by atoms with Crippen molar-refractivity contribution in [2.45, 2.75) is 6.92 Å². The lowest BCUT2D eigenvalue weighted by Gasteiger charge is -2.17. The van der Waals surface area contributed by atoms with E-state index >= 15 is 0 Å². The van der Waals surface area contributed by atoms with Crippen LogP contribution >= 0.6 is 0 Å². The molecule has 1 aromatic rings. The first kappa shape index (κ1) is 13.1. The molecule has 0 bridgehead atoms. The van der Waals surface area contributed by atoms with Crippen molar-refractivity contribution in [3.8, 4) is 0 Å². The molecule has 1 amide bonds. The summed E-state index contributed by atoms with van der Waals surface area (Å²) in [6.45, 7) is 1.97. The van der Waals surface area contributed by atoms with Gasteiger partial charge in [-0.1, -0.05) is 5.23 Å². The van der Waals surface area contributed by atoms with Gasteiger partial charge < -0.3 is 0 Å². The van der Waals surface area contributed by atoms with Crippen molar-refractivity contribution < 1.29 is 19.4 Å². The Labute approximate surface area is 97.6 Å². The summed E-state index contributed by atoms with van der Waals surface area (Å²) in [5.41, 5.74) is 0.160. The number of non-ortho nitro benzene ring substituents is 1. The zero-order chi connectivity index (χ0) is 12.8. The molecule has 7 heteroatoms. The molecule has 92 valence electrons. The lowest BCUT2D eigenvalue weighted by atomic mass is 10.2. The Morgan fingerprint density at radius 3 is 2.41 bits per heavy atom. The van der Waals surface area contributed by atoms with E-state index in [4.69, 9.17) is 9.68 Å². The highest BCUT2D eigenvalue weighted by atomic mass is 16.9. The van der Waals surface area contributed by atoms with E-state index in [0.29, 0.717) is 0 Å². The predicted octanol–water partition coefficient (Wildman–Crippen LogP) is 1.55. The molecule has 0 fully saturated rings. The minimum atomic E-state index is -0.537. The smallest absolute Gasteiger partial charge is 0.264 e. The first-order valence-electron chi connectivity index (χ1n) is 4.86. The minimum absolute atomic E-state index is 0.0815. The first-order valence-corrected chi connectivity index (χ1v) is 4.86. The fourth-order valence-corrected chi connectivity index (χ4v) is 1.14. The molecule has 0 aliphatic carbocycles. The molecule has 0 aromatic heterocycles. The van der Waals surface area contributed by atoms with E-state index < -0.39 is 10.8 Å². The van der Waals surface area contributed by atoms with E-state index in [0.717, 1.165) is 5.23 Å². The molecule has 0 heterocycles. The highest BCUT2D eigenvalue weighted by molar-refractivity contribution is 5.93. The van der Waals surface area contributed by atoms with Crippen LogP contribution in [0.1, 0.15) is 17.3 Å². The summed E-state index contributed by atoms with van der Waals surface area (Å²) in [6, 6.07) is 5.16. The van der Waals surface area contributed by atoms with Crippen LogP contribution in [-0.2, 0) is 9.68 Å². The summed E-state index contributed by atoms with van der Waals surface area (Å²) >= 11 is 0. The summed E-state index contributed by atoms with van der Waals surface area (Å²) in [4.78, 5) is 31.3. The van der Waals surface area contributed by atoms with E-state index in [9.17, 15) is 14.9 Å². The fourth-order valence-electron chi connectivity index (χ4n) is 1.14. The normalized spacial score (nSPS) is 10.0. The maximum atomic E-state index is 11.8. The van der Waals surface area contributed by atoms with E-state index in [1.165, 1.54) is 31.4 Å². The lowest BCUT2D eigenvalue weighted by Crippen LogP contribution is -2.30. The van der Waals surface area contributed by atoms with Crippen molar-refractivity contribution in [3.63, 3.8) is 0 Å². The Bertz CT molecular complexity index is 404. The number of nitro benzene ring substituents is 1. The van der Waals surface area contributed by atoms with Crippen molar-refractivity contribution >= 4 is 11.6 Å². The van der Waals surface area contributed by atoms with Crippen molar-refractivity contribution in [3.05, 3.63) is 39.9 Å². The number of nitrogens with zero attached hydrogens (tertiary/aromatic N) is 2. The Balaban J connectivity index is 2.85. The third-order valence-electron chi connectivity index (χ3n) is 1.90. The highest BCUT2D eigenvalue weighted by Gasteiger charge is 2.17. The average molecular weight is 240 g/mol. The quantitative estimate of drug-likeness (QED) is 0.576. The summed E-state index contributed by atoms with van der Waals surface area (Å²) in [5.74, 6) is -0.524. The van der Waals surface area contributed by atoms with Crippen LogP contribution in [0, 0.1) is 10.1 Å². The second-order valence-corrected chi connectivity index (χ2v) is 2.97. The van der Waals surface area contributed by atoms with Gasteiger partial charge in [-0.3, -0.25) is 14.9 Å². The van der Waals surface area contributed by atoms with E-state index in [1.54, 1.807) is 6.92 Å². The first-order chi connectivity index (χ1) is 8.10. The number of carbonyl (C=O) groups excluding carboxylic acids is 1. The molecule has 7 nitrogen and oxygen atoms in total. The van der Waals surface area contributed by atoms with Crippen molar-refractivity contribution in [2.24, 2.45) is 0 Å². The van der Waals surface area contributed by atoms with Gasteiger partial charge in [-0.2, -0.15) is 0 Å². The van der Waals surface area contributed by atoms with Gasteiger partial charge in [0.05, 0.1) is 18.6 Å². The standard InChI is InChI=1S/C10H12N2O5/c1-3-17-12(16-2)10(13)8-4-6-9(7-5-8)11(14)15/h4-7H,3H2,1-2H3. The Morgan fingerprint density at radius 1 is 1.41 bits per heavy atom. The number of hydrogen-bond donors (Lipinski definition) is 0. The molecule has 0 saturated carbocycles. The van der Waals surface area contributed by atoms with Crippen molar-refractivity contribution in [1.82, 2.24) is 5.23 Å². The summed E-state index contributed by atoms with van der Waals surface area (Å²) in [7, 11) is 1.29. The van der Waals surface area contributed by atoms with Crippen LogP contribution in [0.3, 0.4) is 0 Å². The lowest BCUT2D eigenvalue weighted by molar-refractivity contribution is -0.384. The van der Waals surface area contributed by atoms with Gasteiger partial charge >= 0.3 is 5.91 Å². The molecular formula is C10H12N2O5. The van der Waals surface area contributed by atoms with Gasteiger partial charge in [0, 0.05) is 17.7 Å². The number of benzene rings is 1. The number of hydroxylamine groups is 2. The Kier molecular flexibility index (Phi) is 4.56. The van der Waals surface area contributed by atoms with Crippen LogP contribution in [0.4, 0.5) is 5.69 Å². The van der Waals surface area contributed by atoms with Crippen molar-refractivity contribution in [1.29, 1.82) is 0 Å². The van der Waals surface area contributed by atoms with Gasteiger partial charge in [-0.05, 0) is 19.1 Å². The third kappa shape index (κ3) is 3.23. The average Bonchev–Trinajstić information content (AvgIpc) is 2.35. The summed E-state index contributed by atoms with van der Waals surface area (Å²) in [5, 5.41) is 11.2. The van der Waals surface area contributed by atoms with Gasteiger partial charge in [0.2, 0.25) is 0 Å². The van der Waals surface area contributed by atoms with Gasteiger partial charge in [0.25, 0.3) is 5.69 Å². The van der Waals surface area contributed by atoms with E-state index in [-0.39, 0.29) is 17.9 Å². The molecule has 1 rings (SSSR count). The van der Waals surface area contributed by atoms with Gasteiger partial charge in [-0.25, -0.2) is 9.68 Å². The van der Waals surface area contributed by atoms with Gasteiger partial charge in [0.15, 0.2) is 0 Å². The second-order valence-electron chi connectivity index (χ2n) is 2.97. The number of carbonyl (C=O) groups is 1. The van der Waals surface area contributed by atoms with Gasteiger partial charge in [-0.15, -0.1) is 0 Å². The molecule has 0 saturated heterocycles. The monoisotopic (exact) mass is 240 g/mol. The molecule has 0 radical (unpaired) electrons. The number of hydrogen-bond acceptors (Lipinski definition) is 5. The zero-order valence-corrected chi connectivity index (χ0v) is 9.45. The Morgan fingerprint density at radius 2 is 2.00 bits per heavy atom. The molecule has 0 atom stereocenters. The van der Waals surface area contributed by atoms with Crippen LogP contribution < -0.4 is 0 Å². The molecule has 0 spiro atoms. The van der Waals surface area contributed by atoms with Gasteiger partial charge in [0.1, 0.15) is 0 Å². The van der Waals surface area contributed by atoms with Crippen LogP contribution in [0.15, 0.2) is 24.3 Å². The molecule has 0 aliphatic rings. The fraction of sp³-hybridized carbons (Fsp3) is 0.300. The maximum absolute atomic E-state index is 11.8. The Hall–Kier alpha value is -1.99. The SMILES string of the molecule is CCON(OC)C(=O)c1ccc([N+](=O)[O-])cc1. The van der Waals surface area contributed by atoms with Crippen LogP contribution in [-0.4, -0.2) is 29.8 Å².